The molecule has 0 unspecified atom stereocenters. The van der Waals surface area contributed by atoms with E-state index >= 15 is 0 Å². The van der Waals surface area contributed by atoms with E-state index in [0.29, 0.717) is 16.7 Å². The number of Topliss-reactive ketones (excluding diaryl/α,β-unsaturated/α-hetero) is 2. The lowest BCUT2D eigenvalue weighted by Gasteiger charge is -2.37. The van der Waals surface area contributed by atoms with Crippen LogP contribution in [0.4, 0.5) is 0 Å². The second-order valence-electron chi connectivity index (χ2n) is 6.07. The van der Waals surface area contributed by atoms with E-state index in [9.17, 15) is 9.59 Å². The fourth-order valence-corrected chi connectivity index (χ4v) is 3.23. The molecule has 0 aromatic heterocycles. The largest absolute Gasteiger partial charge is 0.478 e. The van der Waals surface area contributed by atoms with Gasteiger partial charge in [0.2, 0.25) is 5.78 Å². The zero-order valence-corrected chi connectivity index (χ0v) is 12.3. The number of carbonyl (C=O) groups is 2. The molecular weight excluding hydrogens is 276 g/mol. The lowest BCUT2D eigenvalue weighted by atomic mass is 9.78. The van der Waals surface area contributed by atoms with Crippen molar-refractivity contribution in [2.45, 2.75) is 19.4 Å². The van der Waals surface area contributed by atoms with Crippen molar-refractivity contribution in [2.75, 3.05) is 0 Å². The van der Waals surface area contributed by atoms with Gasteiger partial charge in [0.05, 0.1) is 5.57 Å². The van der Waals surface area contributed by atoms with Gasteiger partial charge in [-0.05, 0) is 19.4 Å². The molecule has 3 nitrogen and oxygen atoms in total. The molecule has 2 aliphatic rings. The number of benzene rings is 2. The van der Waals surface area contributed by atoms with Crippen LogP contribution in [-0.4, -0.2) is 11.6 Å². The summed E-state index contributed by atoms with van der Waals surface area (Å²) in [5.74, 6) is -0.187. The normalized spacial score (nSPS) is 18.3. The Kier molecular flexibility index (Phi) is 2.46. The molecule has 4 rings (SSSR count). The molecule has 3 heteroatoms. The highest BCUT2D eigenvalue weighted by atomic mass is 16.5. The molecule has 2 aromatic carbocycles. The molecule has 0 fully saturated rings. The van der Waals surface area contributed by atoms with E-state index in [1.807, 2.05) is 38.1 Å². The number of ketones is 2. The van der Waals surface area contributed by atoms with Crippen molar-refractivity contribution in [3.8, 4) is 0 Å². The Morgan fingerprint density at radius 1 is 0.773 bits per heavy atom. The van der Waals surface area contributed by atoms with Crippen LogP contribution in [0.15, 0.2) is 54.3 Å². The van der Waals surface area contributed by atoms with Crippen LogP contribution in [0.3, 0.4) is 0 Å². The van der Waals surface area contributed by atoms with Gasteiger partial charge in [-0.15, -0.1) is 0 Å². The van der Waals surface area contributed by atoms with Crippen molar-refractivity contribution >= 4 is 17.1 Å². The first-order chi connectivity index (χ1) is 10.5. The van der Waals surface area contributed by atoms with Crippen LogP contribution >= 0.6 is 0 Å². The predicted octanol–water partition coefficient (Wildman–Crippen LogP) is 3.74. The molecule has 1 heterocycles. The molecule has 0 saturated carbocycles. The van der Waals surface area contributed by atoms with Crippen LogP contribution in [0.25, 0.3) is 5.57 Å². The van der Waals surface area contributed by atoms with Gasteiger partial charge in [0, 0.05) is 16.7 Å². The van der Waals surface area contributed by atoms with Gasteiger partial charge in [0.15, 0.2) is 11.5 Å². The fourth-order valence-electron chi connectivity index (χ4n) is 3.23. The van der Waals surface area contributed by atoms with Gasteiger partial charge >= 0.3 is 0 Å². The lowest BCUT2D eigenvalue weighted by Crippen LogP contribution is -2.34. The Labute approximate surface area is 128 Å². The first kappa shape index (κ1) is 13.0. The highest BCUT2D eigenvalue weighted by Crippen LogP contribution is 2.44. The van der Waals surface area contributed by atoms with Crippen LogP contribution in [0.1, 0.15) is 45.7 Å². The third-order valence-corrected chi connectivity index (χ3v) is 4.28. The molecule has 0 radical (unpaired) electrons. The smallest absolute Gasteiger partial charge is 0.229 e. The lowest BCUT2D eigenvalue weighted by molar-refractivity contribution is 0.0239. The first-order valence-electron chi connectivity index (χ1n) is 7.22. The Morgan fingerprint density at radius 2 is 1.32 bits per heavy atom. The standard InChI is InChI=1S/C19H14O3/c1-19(2)14-10-6-5-9-13(14)15-16(20)11-7-3-4-8-12(11)17(21)18(15)22-19/h3-10H,1-2H3. The summed E-state index contributed by atoms with van der Waals surface area (Å²) in [7, 11) is 0. The summed E-state index contributed by atoms with van der Waals surface area (Å²) >= 11 is 0. The average molecular weight is 290 g/mol. The van der Waals surface area contributed by atoms with Gasteiger partial charge in [0.25, 0.3) is 0 Å². The van der Waals surface area contributed by atoms with Gasteiger partial charge in [-0.1, -0.05) is 48.5 Å². The zero-order valence-electron chi connectivity index (χ0n) is 12.3. The van der Waals surface area contributed by atoms with Gasteiger partial charge in [-0.3, -0.25) is 9.59 Å². The minimum absolute atomic E-state index is 0.145. The van der Waals surface area contributed by atoms with Crippen LogP contribution in [0.5, 0.6) is 0 Å². The van der Waals surface area contributed by atoms with Gasteiger partial charge in [-0.25, -0.2) is 0 Å². The highest BCUT2D eigenvalue weighted by Gasteiger charge is 2.42. The van der Waals surface area contributed by atoms with E-state index in [0.717, 1.165) is 11.1 Å². The molecular formula is C19H14O3. The topological polar surface area (TPSA) is 43.4 Å². The molecule has 1 aliphatic carbocycles. The summed E-state index contributed by atoms with van der Waals surface area (Å²) < 4.78 is 5.95. The van der Waals surface area contributed by atoms with Crippen LogP contribution < -0.4 is 0 Å². The summed E-state index contributed by atoms with van der Waals surface area (Å²) in [6.07, 6.45) is 0. The second kappa shape index (κ2) is 4.17. The Balaban J connectivity index is 2.05. The quantitative estimate of drug-likeness (QED) is 0.742. The van der Waals surface area contributed by atoms with Crippen molar-refractivity contribution in [3.63, 3.8) is 0 Å². The van der Waals surface area contributed by atoms with Crippen molar-refractivity contribution in [1.82, 2.24) is 0 Å². The van der Waals surface area contributed by atoms with E-state index in [1.54, 1.807) is 24.3 Å². The number of fused-ring (bicyclic) bond motifs is 3. The third-order valence-electron chi connectivity index (χ3n) is 4.28. The first-order valence-corrected chi connectivity index (χ1v) is 7.22. The molecule has 22 heavy (non-hydrogen) atoms. The SMILES string of the molecule is CC1(C)OC2=C(C(=O)c3ccccc3C2=O)c2ccccc21. The fraction of sp³-hybridized carbons (Fsp3) is 0.158. The third kappa shape index (κ3) is 1.56. The van der Waals surface area contributed by atoms with Crippen molar-refractivity contribution < 1.29 is 14.3 Å². The maximum atomic E-state index is 12.9. The van der Waals surface area contributed by atoms with E-state index in [-0.39, 0.29) is 17.3 Å². The molecule has 0 N–H and O–H groups in total. The molecule has 0 amide bonds. The summed E-state index contributed by atoms with van der Waals surface area (Å²) in [6.45, 7) is 3.82. The predicted molar refractivity (Wildman–Crippen MR) is 82.6 cm³/mol. The number of carbonyl (C=O) groups excluding carboxylic acids is 2. The van der Waals surface area contributed by atoms with Crippen LogP contribution in [-0.2, 0) is 10.3 Å². The van der Waals surface area contributed by atoms with E-state index in [4.69, 9.17) is 4.74 Å². The number of hydrogen-bond donors (Lipinski definition) is 0. The van der Waals surface area contributed by atoms with Crippen LogP contribution in [0.2, 0.25) is 0 Å². The molecule has 1 aliphatic heterocycles. The van der Waals surface area contributed by atoms with Gasteiger partial charge < -0.3 is 4.74 Å². The van der Waals surface area contributed by atoms with E-state index in [1.165, 1.54) is 0 Å². The maximum Gasteiger partial charge on any atom is 0.229 e. The number of hydrogen-bond acceptors (Lipinski definition) is 3. The molecule has 0 atom stereocenters. The van der Waals surface area contributed by atoms with E-state index < -0.39 is 5.60 Å². The molecule has 0 saturated heterocycles. The minimum Gasteiger partial charge on any atom is -0.478 e. The van der Waals surface area contributed by atoms with Crippen molar-refractivity contribution in [2.24, 2.45) is 0 Å². The number of ether oxygens (including phenoxy) is 1. The van der Waals surface area contributed by atoms with Gasteiger partial charge in [0.1, 0.15) is 5.60 Å². The summed E-state index contributed by atoms with van der Waals surface area (Å²) in [6, 6.07) is 14.5. The number of rotatable bonds is 0. The highest BCUT2D eigenvalue weighted by molar-refractivity contribution is 6.40. The Bertz CT molecular complexity index is 872. The second-order valence-corrected chi connectivity index (χ2v) is 6.07. The summed E-state index contributed by atoms with van der Waals surface area (Å²) in [4.78, 5) is 25.6. The number of allylic oxidation sites excluding steroid dienone is 2. The average Bonchev–Trinajstić information content (AvgIpc) is 2.52. The Hall–Kier alpha value is -2.68. The van der Waals surface area contributed by atoms with Gasteiger partial charge in [-0.2, -0.15) is 0 Å². The minimum atomic E-state index is -0.641. The molecule has 0 spiro atoms. The summed E-state index contributed by atoms with van der Waals surface area (Å²) in [5, 5.41) is 0. The van der Waals surface area contributed by atoms with E-state index in [2.05, 4.69) is 0 Å². The molecule has 0 bridgehead atoms. The molecule has 108 valence electrons. The van der Waals surface area contributed by atoms with Crippen molar-refractivity contribution in [3.05, 3.63) is 76.5 Å². The summed E-state index contributed by atoms with van der Waals surface area (Å²) in [5.41, 5.74) is 2.33. The van der Waals surface area contributed by atoms with Crippen molar-refractivity contribution in [1.29, 1.82) is 0 Å². The monoisotopic (exact) mass is 290 g/mol. The maximum absolute atomic E-state index is 12.9. The Morgan fingerprint density at radius 3 is 2.00 bits per heavy atom. The van der Waals surface area contributed by atoms with Crippen LogP contribution in [0, 0.1) is 0 Å². The zero-order chi connectivity index (χ0) is 15.5. The molecule has 2 aromatic rings.